The summed E-state index contributed by atoms with van der Waals surface area (Å²) in [4.78, 5) is 22.5. The Bertz CT molecular complexity index is 683. The summed E-state index contributed by atoms with van der Waals surface area (Å²) in [6.07, 6.45) is 0. The Morgan fingerprint density at radius 1 is 1.33 bits per heavy atom. The van der Waals surface area contributed by atoms with Crippen LogP contribution in [0.25, 0.3) is 0 Å². The van der Waals surface area contributed by atoms with Gasteiger partial charge in [-0.25, -0.2) is 4.79 Å². The summed E-state index contributed by atoms with van der Waals surface area (Å²) >= 11 is 7.00. The Morgan fingerprint density at radius 2 is 2.10 bits per heavy atom. The predicted octanol–water partition coefficient (Wildman–Crippen LogP) is 3.67. The van der Waals surface area contributed by atoms with Crippen LogP contribution < -0.4 is 5.32 Å². The van der Waals surface area contributed by atoms with Crippen molar-refractivity contribution in [3.8, 4) is 0 Å². The van der Waals surface area contributed by atoms with E-state index in [1.807, 2.05) is 13.0 Å². The van der Waals surface area contributed by atoms with Crippen LogP contribution in [0.4, 0.5) is 5.69 Å². The summed E-state index contributed by atoms with van der Waals surface area (Å²) in [6.45, 7) is 1.87. The minimum atomic E-state index is -1.14. The zero-order valence-electron chi connectivity index (χ0n) is 11.1. The molecule has 0 atom stereocenters. The van der Waals surface area contributed by atoms with Crippen LogP contribution in [0.5, 0.6) is 0 Å². The van der Waals surface area contributed by atoms with E-state index in [1.165, 1.54) is 12.1 Å². The van der Waals surface area contributed by atoms with Crippen LogP contribution in [0, 0.1) is 6.92 Å². The molecule has 0 bridgehead atoms. The number of benzene rings is 1. The van der Waals surface area contributed by atoms with E-state index in [4.69, 9.17) is 21.1 Å². The molecule has 1 heterocycles. The van der Waals surface area contributed by atoms with E-state index < -0.39 is 5.97 Å². The molecule has 0 unspecified atom stereocenters. The number of anilines is 1. The average molecular weight is 326 g/mol. The monoisotopic (exact) mass is 325 g/mol. The minimum absolute atomic E-state index is 0.110. The Balaban J connectivity index is 1.92. The highest BCUT2D eigenvalue weighted by atomic mass is 35.5. The molecule has 7 heteroatoms. The van der Waals surface area contributed by atoms with Gasteiger partial charge in [0, 0.05) is 10.7 Å². The maximum atomic E-state index is 11.9. The van der Waals surface area contributed by atoms with E-state index in [0.717, 1.165) is 17.3 Å². The molecular formula is C14H12ClNO4S. The SMILES string of the molecule is Cc1ccc(Cl)cc1NC(=O)CSc1ccc(C(=O)O)o1. The van der Waals surface area contributed by atoms with Crippen LogP contribution in [0.1, 0.15) is 16.1 Å². The second-order valence-corrected chi connectivity index (χ2v) is 5.64. The fraction of sp³-hybridized carbons (Fsp3) is 0.143. The second kappa shape index (κ2) is 6.69. The van der Waals surface area contributed by atoms with Gasteiger partial charge in [-0.3, -0.25) is 4.79 Å². The van der Waals surface area contributed by atoms with Crippen molar-refractivity contribution >= 4 is 40.9 Å². The number of aryl methyl sites for hydroxylation is 1. The number of carbonyl (C=O) groups is 2. The lowest BCUT2D eigenvalue weighted by atomic mass is 10.2. The number of hydrogen-bond donors (Lipinski definition) is 2. The smallest absolute Gasteiger partial charge is 0.371 e. The van der Waals surface area contributed by atoms with E-state index in [2.05, 4.69) is 5.32 Å². The lowest BCUT2D eigenvalue weighted by Crippen LogP contribution is -2.14. The number of halogens is 1. The molecule has 2 aromatic rings. The highest BCUT2D eigenvalue weighted by molar-refractivity contribution is 7.99. The van der Waals surface area contributed by atoms with Gasteiger partial charge < -0.3 is 14.8 Å². The largest absolute Gasteiger partial charge is 0.475 e. The van der Waals surface area contributed by atoms with Crippen molar-refractivity contribution in [2.24, 2.45) is 0 Å². The first-order valence-corrected chi connectivity index (χ1v) is 7.34. The number of aromatic carboxylic acids is 1. The van der Waals surface area contributed by atoms with Gasteiger partial charge in [0.2, 0.25) is 11.7 Å². The highest BCUT2D eigenvalue weighted by Gasteiger charge is 2.11. The molecule has 0 aliphatic heterocycles. The predicted molar refractivity (Wildman–Crippen MR) is 81.2 cm³/mol. The summed E-state index contributed by atoms with van der Waals surface area (Å²) in [5.74, 6) is -1.40. The van der Waals surface area contributed by atoms with E-state index in [1.54, 1.807) is 12.1 Å². The third kappa shape index (κ3) is 4.27. The Kier molecular flexibility index (Phi) is 4.93. The Morgan fingerprint density at radius 3 is 2.76 bits per heavy atom. The number of carboxylic acid groups (broad SMARTS) is 1. The highest BCUT2D eigenvalue weighted by Crippen LogP contribution is 2.23. The summed E-state index contributed by atoms with van der Waals surface area (Å²) in [7, 11) is 0. The first kappa shape index (κ1) is 15.5. The van der Waals surface area contributed by atoms with E-state index in [-0.39, 0.29) is 17.4 Å². The number of furan rings is 1. The maximum Gasteiger partial charge on any atom is 0.371 e. The molecule has 0 aliphatic carbocycles. The molecule has 2 N–H and O–H groups in total. The summed E-state index contributed by atoms with van der Waals surface area (Å²) < 4.78 is 5.05. The van der Waals surface area contributed by atoms with Crippen molar-refractivity contribution in [3.63, 3.8) is 0 Å². The number of carbonyl (C=O) groups excluding carboxylic acids is 1. The van der Waals surface area contributed by atoms with Crippen molar-refractivity contribution in [3.05, 3.63) is 46.7 Å². The zero-order chi connectivity index (χ0) is 15.4. The number of nitrogens with one attached hydrogen (secondary N) is 1. The molecule has 0 fully saturated rings. The zero-order valence-corrected chi connectivity index (χ0v) is 12.6. The van der Waals surface area contributed by atoms with Crippen molar-refractivity contribution < 1.29 is 19.1 Å². The summed E-state index contributed by atoms with van der Waals surface area (Å²) in [5, 5.41) is 12.4. The topological polar surface area (TPSA) is 79.5 Å². The van der Waals surface area contributed by atoms with Crippen molar-refractivity contribution in [2.45, 2.75) is 12.0 Å². The standard InChI is InChI=1S/C14H12ClNO4S/c1-8-2-3-9(15)6-10(8)16-12(17)7-21-13-5-4-11(20-13)14(18)19/h2-6H,7H2,1H3,(H,16,17)(H,18,19). The van der Waals surface area contributed by atoms with Gasteiger partial charge in [-0.1, -0.05) is 29.4 Å². The van der Waals surface area contributed by atoms with Crippen molar-refractivity contribution in [1.29, 1.82) is 0 Å². The minimum Gasteiger partial charge on any atom is -0.475 e. The Labute approximate surface area is 130 Å². The molecule has 1 amide bonds. The lowest BCUT2D eigenvalue weighted by molar-refractivity contribution is -0.113. The van der Waals surface area contributed by atoms with E-state index in [0.29, 0.717) is 15.8 Å². The van der Waals surface area contributed by atoms with Crippen LogP contribution in [-0.2, 0) is 4.79 Å². The molecule has 0 spiro atoms. The fourth-order valence-electron chi connectivity index (χ4n) is 1.56. The lowest BCUT2D eigenvalue weighted by Gasteiger charge is -2.08. The van der Waals surface area contributed by atoms with Gasteiger partial charge in [0.05, 0.1) is 5.75 Å². The fourth-order valence-corrected chi connectivity index (χ4v) is 2.40. The molecule has 0 saturated carbocycles. The first-order chi connectivity index (χ1) is 9.95. The molecule has 0 saturated heterocycles. The number of carboxylic acids is 1. The molecule has 1 aromatic carbocycles. The van der Waals surface area contributed by atoms with Gasteiger partial charge in [-0.15, -0.1) is 0 Å². The number of hydrogen-bond acceptors (Lipinski definition) is 4. The van der Waals surface area contributed by atoms with Gasteiger partial charge in [-0.2, -0.15) is 0 Å². The molecule has 1 aromatic heterocycles. The normalized spacial score (nSPS) is 10.4. The molecule has 0 aliphatic rings. The number of amides is 1. The second-order valence-electron chi connectivity index (χ2n) is 4.22. The van der Waals surface area contributed by atoms with Crippen molar-refractivity contribution in [1.82, 2.24) is 0 Å². The van der Waals surface area contributed by atoms with Gasteiger partial charge in [-0.05, 0) is 36.8 Å². The maximum absolute atomic E-state index is 11.9. The van der Waals surface area contributed by atoms with Crippen LogP contribution in [0.2, 0.25) is 5.02 Å². The third-order valence-corrected chi connectivity index (χ3v) is 3.76. The van der Waals surface area contributed by atoms with Gasteiger partial charge in [0.15, 0.2) is 5.09 Å². The number of thioether (sulfide) groups is 1. The van der Waals surface area contributed by atoms with Gasteiger partial charge in [0.1, 0.15) is 0 Å². The summed E-state index contributed by atoms with van der Waals surface area (Å²) in [5.41, 5.74) is 1.56. The Hall–Kier alpha value is -1.92. The van der Waals surface area contributed by atoms with Crippen LogP contribution >= 0.6 is 23.4 Å². The van der Waals surface area contributed by atoms with Crippen LogP contribution in [0.15, 0.2) is 39.8 Å². The average Bonchev–Trinajstić information content (AvgIpc) is 2.90. The van der Waals surface area contributed by atoms with Crippen LogP contribution in [0.3, 0.4) is 0 Å². The summed E-state index contributed by atoms with van der Waals surface area (Å²) in [6, 6.07) is 8.11. The molecule has 0 radical (unpaired) electrons. The van der Waals surface area contributed by atoms with E-state index in [9.17, 15) is 9.59 Å². The van der Waals surface area contributed by atoms with Gasteiger partial charge in [0.25, 0.3) is 0 Å². The molecular weight excluding hydrogens is 314 g/mol. The van der Waals surface area contributed by atoms with Gasteiger partial charge >= 0.3 is 5.97 Å². The molecule has 2 rings (SSSR count). The first-order valence-electron chi connectivity index (χ1n) is 5.97. The van der Waals surface area contributed by atoms with Crippen molar-refractivity contribution in [2.75, 3.05) is 11.1 Å². The molecule has 5 nitrogen and oxygen atoms in total. The molecule has 110 valence electrons. The quantitative estimate of drug-likeness (QED) is 0.820. The molecule has 21 heavy (non-hydrogen) atoms. The van der Waals surface area contributed by atoms with E-state index >= 15 is 0 Å². The number of rotatable bonds is 5. The van der Waals surface area contributed by atoms with Crippen LogP contribution in [-0.4, -0.2) is 22.7 Å². The third-order valence-electron chi connectivity index (χ3n) is 2.61.